The summed E-state index contributed by atoms with van der Waals surface area (Å²) in [7, 11) is 1.76. The van der Waals surface area contributed by atoms with Crippen LogP contribution >= 0.6 is 15.9 Å². The first-order chi connectivity index (χ1) is 15.0. The second kappa shape index (κ2) is 9.94. The van der Waals surface area contributed by atoms with Crippen LogP contribution in [0.3, 0.4) is 0 Å². The van der Waals surface area contributed by atoms with Crippen LogP contribution in [0.15, 0.2) is 71.2 Å². The predicted octanol–water partition coefficient (Wildman–Crippen LogP) is 7.80. The van der Waals surface area contributed by atoms with Gasteiger partial charge in [0.15, 0.2) is 0 Å². The van der Waals surface area contributed by atoms with Crippen molar-refractivity contribution in [3.63, 3.8) is 0 Å². The molecule has 0 bridgehead atoms. The van der Waals surface area contributed by atoms with E-state index in [1.54, 1.807) is 12.7 Å². The number of benzene rings is 3. The van der Waals surface area contributed by atoms with Gasteiger partial charge in [-0.15, -0.1) is 0 Å². The van der Waals surface area contributed by atoms with Gasteiger partial charge in [0, 0.05) is 0 Å². The molecule has 3 aromatic rings. The van der Waals surface area contributed by atoms with Gasteiger partial charge in [0.25, 0.3) is 0 Å². The fourth-order valence-corrected chi connectivity index (χ4v) is 8.77. The zero-order chi connectivity index (χ0) is 21.8. The number of rotatable bonds is 6. The molecule has 1 aliphatic rings. The molecule has 0 saturated carbocycles. The van der Waals surface area contributed by atoms with E-state index in [-0.39, 0.29) is 0 Å². The van der Waals surface area contributed by atoms with Crippen molar-refractivity contribution >= 4 is 30.9 Å². The van der Waals surface area contributed by atoms with Gasteiger partial charge in [-0.2, -0.15) is 0 Å². The molecule has 1 nitrogen and oxygen atoms in total. The van der Waals surface area contributed by atoms with Crippen molar-refractivity contribution in [3.05, 3.63) is 99.0 Å². The SMILES string of the molecule is COc1cc(C)c(C(CC2(c3ccccc3)CCCC[Se]2)c2ccc(Br)cc2)c(C)c1. The first-order valence-electron chi connectivity index (χ1n) is 11.1. The Morgan fingerprint density at radius 1 is 0.968 bits per heavy atom. The summed E-state index contributed by atoms with van der Waals surface area (Å²) < 4.78 is 7.00. The molecule has 0 aromatic heterocycles. The molecule has 31 heavy (non-hydrogen) atoms. The molecule has 3 aromatic carbocycles. The van der Waals surface area contributed by atoms with E-state index in [4.69, 9.17) is 4.74 Å². The molecule has 4 rings (SSSR count). The molecule has 0 radical (unpaired) electrons. The van der Waals surface area contributed by atoms with E-state index in [1.165, 1.54) is 53.3 Å². The van der Waals surface area contributed by atoms with Gasteiger partial charge in [-0.05, 0) is 0 Å². The molecule has 1 aliphatic heterocycles. The third-order valence-electron chi connectivity index (χ3n) is 6.61. The van der Waals surface area contributed by atoms with Gasteiger partial charge in [0.05, 0.1) is 0 Å². The van der Waals surface area contributed by atoms with E-state index < -0.39 is 0 Å². The van der Waals surface area contributed by atoms with Gasteiger partial charge in [-0.3, -0.25) is 0 Å². The van der Waals surface area contributed by atoms with Crippen LogP contribution in [0, 0.1) is 13.8 Å². The van der Waals surface area contributed by atoms with Crippen molar-refractivity contribution in [2.24, 2.45) is 0 Å². The fraction of sp³-hybridized carbons (Fsp3) is 0.357. The quantitative estimate of drug-likeness (QED) is 0.289. The van der Waals surface area contributed by atoms with Crippen molar-refractivity contribution in [2.75, 3.05) is 7.11 Å². The van der Waals surface area contributed by atoms with Crippen molar-refractivity contribution in [1.82, 2.24) is 0 Å². The van der Waals surface area contributed by atoms with Crippen LogP contribution in [0.25, 0.3) is 0 Å². The summed E-state index contributed by atoms with van der Waals surface area (Å²) in [5, 5.41) is 1.38. The Hall–Kier alpha value is -1.54. The first-order valence-corrected chi connectivity index (χ1v) is 14.0. The number of ether oxygens (including phenoxy) is 1. The van der Waals surface area contributed by atoms with Crippen LogP contribution in [0.5, 0.6) is 5.75 Å². The third kappa shape index (κ3) is 4.95. The third-order valence-corrected chi connectivity index (χ3v) is 10.6. The van der Waals surface area contributed by atoms with E-state index >= 15 is 0 Å². The van der Waals surface area contributed by atoms with Crippen LogP contribution in [0.2, 0.25) is 5.32 Å². The zero-order valence-corrected chi connectivity index (χ0v) is 22.0. The Bertz CT molecular complexity index is 984. The Morgan fingerprint density at radius 2 is 1.65 bits per heavy atom. The van der Waals surface area contributed by atoms with Crippen LogP contribution in [0.4, 0.5) is 0 Å². The molecule has 2 unspecified atom stereocenters. The zero-order valence-electron chi connectivity index (χ0n) is 18.7. The van der Waals surface area contributed by atoms with Gasteiger partial charge < -0.3 is 0 Å². The summed E-state index contributed by atoms with van der Waals surface area (Å²) in [6, 6.07) is 24.8. The molecule has 0 N–H and O–H groups in total. The average Bonchev–Trinajstić information content (AvgIpc) is 2.79. The molecular formula is C28H31BrOSe. The number of hydrogen-bond donors (Lipinski definition) is 0. The van der Waals surface area contributed by atoms with E-state index in [1.807, 2.05) is 0 Å². The number of hydrogen-bond acceptors (Lipinski definition) is 1. The maximum atomic E-state index is 5.57. The van der Waals surface area contributed by atoms with Crippen molar-refractivity contribution in [1.29, 1.82) is 0 Å². The van der Waals surface area contributed by atoms with Gasteiger partial charge in [0.2, 0.25) is 0 Å². The molecule has 1 fully saturated rings. The van der Waals surface area contributed by atoms with Crippen LogP contribution in [-0.2, 0) is 4.31 Å². The van der Waals surface area contributed by atoms with E-state index in [0.717, 1.165) is 10.2 Å². The van der Waals surface area contributed by atoms with Crippen LogP contribution in [-0.4, -0.2) is 22.1 Å². The molecule has 0 spiro atoms. The average molecular weight is 542 g/mol. The first kappa shape index (κ1) is 22.6. The standard InChI is InChI=1S/C28H31BrOSe/c1-20-17-25(30-3)18-21(2)27(20)26(22-11-13-24(29)14-12-22)19-28(15-7-8-16-31-28)23-9-5-4-6-10-23/h4-6,9-14,17-18,26H,7-8,15-16,19H2,1-3H3. The molecule has 2 atom stereocenters. The number of aryl methyl sites for hydroxylation is 2. The summed E-state index contributed by atoms with van der Waals surface area (Å²) in [5.41, 5.74) is 7.09. The molecule has 0 aliphatic carbocycles. The predicted molar refractivity (Wildman–Crippen MR) is 136 cm³/mol. The monoisotopic (exact) mass is 542 g/mol. The minimum absolute atomic E-state index is 0.295. The molecule has 162 valence electrons. The Balaban J connectivity index is 1.84. The van der Waals surface area contributed by atoms with Crippen LogP contribution in [0.1, 0.15) is 59.4 Å². The second-order valence-corrected chi connectivity index (χ2v) is 12.7. The van der Waals surface area contributed by atoms with Gasteiger partial charge in [-0.1, -0.05) is 0 Å². The molecular weight excluding hydrogens is 511 g/mol. The van der Waals surface area contributed by atoms with E-state index in [2.05, 4.69) is 96.5 Å². The van der Waals surface area contributed by atoms with Crippen molar-refractivity contribution in [2.45, 2.75) is 55.1 Å². The fourth-order valence-electron chi connectivity index (χ4n) is 5.11. The van der Waals surface area contributed by atoms with Gasteiger partial charge in [0.1, 0.15) is 0 Å². The molecule has 1 heterocycles. The number of methoxy groups -OCH3 is 1. The summed E-state index contributed by atoms with van der Waals surface area (Å²) in [6.07, 6.45) is 5.20. The summed E-state index contributed by atoms with van der Waals surface area (Å²) in [4.78, 5) is 0. The second-order valence-electron chi connectivity index (χ2n) is 8.65. The summed E-state index contributed by atoms with van der Waals surface area (Å²) in [6.45, 7) is 4.50. The minimum atomic E-state index is 0.295. The summed E-state index contributed by atoms with van der Waals surface area (Å²) in [5.74, 6) is 1.33. The Morgan fingerprint density at radius 3 is 2.23 bits per heavy atom. The number of halogens is 1. The van der Waals surface area contributed by atoms with Crippen molar-refractivity contribution in [3.8, 4) is 5.75 Å². The van der Waals surface area contributed by atoms with Crippen LogP contribution < -0.4 is 4.74 Å². The Kier molecular flexibility index (Phi) is 7.26. The molecule has 3 heteroatoms. The van der Waals surface area contributed by atoms with Crippen molar-refractivity contribution < 1.29 is 4.74 Å². The van der Waals surface area contributed by atoms with E-state index in [9.17, 15) is 0 Å². The van der Waals surface area contributed by atoms with E-state index in [0.29, 0.717) is 25.2 Å². The normalized spacial score (nSPS) is 19.7. The topological polar surface area (TPSA) is 9.23 Å². The maximum absolute atomic E-state index is 5.57. The Labute approximate surface area is 201 Å². The van der Waals surface area contributed by atoms with Gasteiger partial charge >= 0.3 is 203 Å². The summed E-state index contributed by atoms with van der Waals surface area (Å²) >= 11 is 4.24. The molecule has 1 saturated heterocycles. The molecule has 0 amide bonds. The van der Waals surface area contributed by atoms with Gasteiger partial charge in [-0.25, -0.2) is 0 Å².